The molecular weight excluding hydrogens is 404 g/mol. The van der Waals surface area contributed by atoms with Crippen LogP contribution in [0.15, 0.2) is 53.8 Å². The summed E-state index contributed by atoms with van der Waals surface area (Å²) in [5.74, 6) is 0.616. The van der Waals surface area contributed by atoms with Crippen LogP contribution >= 0.6 is 11.8 Å². The number of nitrogens with one attached hydrogen (secondary N) is 1. The van der Waals surface area contributed by atoms with Crippen molar-refractivity contribution >= 4 is 28.6 Å². The third-order valence-electron chi connectivity index (χ3n) is 4.89. The van der Waals surface area contributed by atoms with E-state index in [9.17, 15) is 4.79 Å². The molecule has 1 aromatic carbocycles. The second-order valence-electron chi connectivity index (χ2n) is 7.08. The number of anilines is 1. The minimum Gasteiger partial charge on any atom is -0.432 e. The van der Waals surface area contributed by atoms with E-state index >= 15 is 0 Å². The summed E-state index contributed by atoms with van der Waals surface area (Å²) in [5.41, 5.74) is 9.54. The van der Waals surface area contributed by atoms with Gasteiger partial charge in [0.2, 0.25) is 5.91 Å². The summed E-state index contributed by atoms with van der Waals surface area (Å²) in [5, 5.41) is -0.162. The number of rotatable bonds is 6. The Hall–Kier alpha value is -2.82. The van der Waals surface area contributed by atoms with E-state index in [1.807, 2.05) is 24.3 Å². The van der Waals surface area contributed by atoms with Crippen LogP contribution in [0.25, 0.3) is 0 Å². The first-order valence-corrected chi connectivity index (χ1v) is 10.5. The number of benzene rings is 1. The normalized spacial score (nSPS) is 21.9. The Morgan fingerprint density at radius 2 is 1.93 bits per heavy atom. The fourth-order valence-electron chi connectivity index (χ4n) is 3.16. The van der Waals surface area contributed by atoms with Crippen molar-refractivity contribution in [2.45, 2.75) is 11.4 Å². The van der Waals surface area contributed by atoms with Crippen LogP contribution in [0.1, 0.15) is 0 Å². The zero-order valence-electron chi connectivity index (χ0n) is 16.6. The number of amides is 1. The van der Waals surface area contributed by atoms with Gasteiger partial charge in [-0.05, 0) is 55.2 Å². The molecule has 9 nitrogen and oxygen atoms in total. The number of carbonyl (C=O) groups is 1. The topological polar surface area (TPSA) is 105 Å². The quantitative estimate of drug-likeness (QED) is 0.659. The summed E-state index contributed by atoms with van der Waals surface area (Å²) in [6.45, 7) is 4.11. The maximum Gasteiger partial charge on any atom is 0.254 e. The Kier molecular flexibility index (Phi) is 6.36. The maximum absolute atomic E-state index is 11.8. The number of pyridine rings is 1. The number of hydrogen-bond donors (Lipinski definition) is 2. The van der Waals surface area contributed by atoms with Gasteiger partial charge in [0.1, 0.15) is 16.9 Å². The fraction of sp³-hybridized carbons (Fsp3) is 0.350. The Morgan fingerprint density at radius 1 is 1.17 bits per heavy atom. The largest absolute Gasteiger partial charge is 0.432 e. The lowest BCUT2D eigenvalue weighted by Crippen LogP contribution is -2.44. The number of nitrogens with two attached hydrogens (primary N) is 1. The van der Waals surface area contributed by atoms with E-state index in [1.165, 1.54) is 11.8 Å². The van der Waals surface area contributed by atoms with Gasteiger partial charge in [-0.1, -0.05) is 0 Å². The molecule has 2 aliphatic rings. The number of carbonyl (C=O) groups excluding carboxylic acids is 1. The van der Waals surface area contributed by atoms with E-state index in [2.05, 4.69) is 32.3 Å². The van der Waals surface area contributed by atoms with E-state index < -0.39 is 17.3 Å². The second kappa shape index (κ2) is 9.33. The number of primary amides is 1. The minimum atomic E-state index is -0.800. The summed E-state index contributed by atoms with van der Waals surface area (Å²) in [6.07, 6.45) is 3.22. The van der Waals surface area contributed by atoms with Crippen LogP contribution in [-0.4, -0.2) is 65.7 Å². The number of aliphatic imine (C=N–C) groups is 1. The minimum absolute atomic E-state index is 0.332. The molecule has 4 rings (SSSR count). The lowest BCUT2D eigenvalue weighted by atomic mass is 10.2. The van der Waals surface area contributed by atoms with Gasteiger partial charge in [0.15, 0.2) is 6.04 Å². The van der Waals surface area contributed by atoms with Gasteiger partial charge in [-0.3, -0.25) is 9.78 Å². The fourth-order valence-corrected chi connectivity index (χ4v) is 4.12. The summed E-state index contributed by atoms with van der Waals surface area (Å²) in [4.78, 5) is 30.4. The average Bonchev–Trinajstić information content (AvgIpc) is 3.17. The van der Waals surface area contributed by atoms with Crippen molar-refractivity contribution in [3.8, 4) is 11.5 Å². The second-order valence-corrected chi connectivity index (χ2v) is 8.17. The first kappa shape index (κ1) is 20.5. The Morgan fingerprint density at radius 3 is 2.60 bits per heavy atom. The van der Waals surface area contributed by atoms with Gasteiger partial charge in [0, 0.05) is 38.1 Å². The van der Waals surface area contributed by atoms with E-state index in [-0.39, 0.29) is 0 Å². The first-order chi connectivity index (χ1) is 14.6. The smallest absolute Gasteiger partial charge is 0.254 e. The first-order valence-electron chi connectivity index (χ1n) is 9.66. The van der Waals surface area contributed by atoms with Crippen LogP contribution in [0.2, 0.25) is 0 Å². The molecule has 0 bridgehead atoms. The van der Waals surface area contributed by atoms with Gasteiger partial charge >= 0.3 is 0 Å². The molecule has 2 unspecified atom stereocenters. The van der Waals surface area contributed by atoms with Gasteiger partial charge < -0.3 is 25.1 Å². The number of piperazine rings is 1. The van der Waals surface area contributed by atoms with Gasteiger partial charge in [-0.2, -0.15) is 0 Å². The van der Waals surface area contributed by atoms with E-state index in [0.717, 1.165) is 31.9 Å². The molecule has 10 heteroatoms. The van der Waals surface area contributed by atoms with Crippen LogP contribution in [0.5, 0.6) is 11.5 Å². The third kappa shape index (κ3) is 5.02. The lowest BCUT2D eigenvalue weighted by molar-refractivity contribution is -0.119. The highest BCUT2D eigenvalue weighted by Crippen LogP contribution is 2.28. The summed E-state index contributed by atoms with van der Waals surface area (Å²) in [7, 11) is 2.14. The SMILES string of the molecule is CN1CCN(c2ccc(ONC3SC(Oc4cccnc4)=NC3C(N)=O)cc2)CC1. The van der Waals surface area contributed by atoms with Crippen LogP contribution in [0, 0.1) is 0 Å². The monoisotopic (exact) mass is 428 g/mol. The molecule has 158 valence electrons. The zero-order valence-corrected chi connectivity index (χ0v) is 17.4. The molecule has 1 amide bonds. The van der Waals surface area contributed by atoms with Gasteiger partial charge in [-0.15, -0.1) is 5.48 Å². The molecular formula is C20H24N6O3S. The maximum atomic E-state index is 11.8. The van der Waals surface area contributed by atoms with Crippen molar-refractivity contribution in [3.05, 3.63) is 48.8 Å². The average molecular weight is 429 g/mol. The highest BCUT2D eigenvalue weighted by atomic mass is 32.2. The zero-order chi connectivity index (χ0) is 20.9. The summed E-state index contributed by atoms with van der Waals surface area (Å²) >= 11 is 1.24. The molecule has 30 heavy (non-hydrogen) atoms. The summed E-state index contributed by atoms with van der Waals surface area (Å²) in [6, 6.07) is 10.6. The van der Waals surface area contributed by atoms with Crippen molar-refractivity contribution in [2.24, 2.45) is 10.7 Å². The van der Waals surface area contributed by atoms with Crippen LogP contribution in [0.4, 0.5) is 5.69 Å². The standard InChI is InChI=1S/C20H24N6O3S/c1-25-9-11-26(12-10-25)14-4-6-15(7-5-14)29-24-19-17(18(21)27)23-20(30-19)28-16-3-2-8-22-13-16/h2-8,13,17,19,24H,9-12H2,1H3,(H2,21,27). The van der Waals surface area contributed by atoms with E-state index in [4.69, 9.17) is 15.3 Å². The highest BCUT2D eigenvalue weighted by Gasteiger charge is 2.36. The van der Waals surface area contributed by atoms with Crippen LogP contribution in [0.3, 0.4) is 0 Å². The van der Waals surface area contributed by atoms with Crippen molar-refractivity contribution in [3.63, 3.8) is 0 Å². The van der Waals surface area contributed by atoms with Gasteiger partial charge in [-0.25, -0.2) is 4.99 Å². The van der Waals surface area contributed by atoms with E-state index in [1.54, 1.807) is 24.5 Å². The van der Waals surface area contributed by atoms with Crippen LogP contribution in [-0.2, 0) is 4.79 Å². The molecule has 2 aliphatic heterocycles. The van der Waals surface area contributed by atoms with Gasteiger partial charge in [0.25, 0.3) is 5.23 Å². The molecule has 1 saturated heterocycles. The Bertz CT molecular complexity index is 887. The highest BCUT2D eigenvalue weighted by molar-refractivity contribution is 8.14. The number of thioether (sulfide) groups is 1. The molecule has 0 saturated carbocycles. The van der Waals surface area contributed by atoms with Crippen molar-refractivity contribution in [1.29, 1.82) is 0 Å². The number of nitrogens with zero attached hydrogens (tertiary/aromatic N) is 4. The molecule has 1 fully saturated rings. The molecule has 2 atom stereocenters. The third-order valence-corrected chi connectivity index (χ3v) is 5.89. The molecule has 3 N–H and O–H groups in total. The number of ether oxygens (including phenoxy) is 1. The predicted octanol–water partition coefficient (Wildman–Crippen LogP) is 1.08. The lowest BCUT2D eigenvalue weighted by Gasteiger charge is -2.34. The summed E-state index contributed by atoms with van der Waals surface area (Å²) < 4.78 is 5.67. The molecule has 2 aromatic rings. The van der Waals surface area contributed by atoms with Crippen molar-refractivity contribution in [1.82, 2.24) is 15.4 Å². The van der Waals surface area contributed by atoms with Crippen LogP contribution < -0.4 is 25.7 Å². The van der Waals surface area contributed by atoms with E-state index in [0.29, 0.717) is 16.7 Å². The van der Waals surface area contributed by atoms with Gasteiger partial charge in [0.05, 0.1) is 6.20 Å². The van der Waals surface area contributed by atoms with Crippen molar-refractivity contribution in [2.75, 3.05) is 38.1 Å². The number of hydrogen-bond acceptors (Lipinski definition) is 9. The molecule has 1 aromatic heterocycles. The molecule has 0 radical (unpaired) electrons. The molecule has 0 aliphatic carbocycles. The number of likely N-dealkylation sites (N-methyl/N-ethyl adjacent to an activating group) is 1. The number of aromatic nitrogens is 1. The molecule has 3 heterocycles. The molecule has 0 spiro atoms. The number of hydroxylamine groups is 1. The Labute approximate surface area is 179 Å². The predicted molar refractivity (Wildman–Crippen MR) is 117 cm³/mol. The van der Waals surface area contributed by atoms with Crippen molar-refractivity contribution < 1.29 is 14.4 Å². The Balaban J connectivity index is 1.33.